The number of amides is 1. The van der Waals surface area contributed by atoms with Gasteiger partial charge in [-0.2, -0.15) is 0 Å². The molecular formula is C12H13N3O3S. The van der Waals surface area contributed by atoms with Gasteiger partial charge in [0.25, 0.3) is 11.5 Å². The third-order valence-electron chi connectivity index (χ3n) is 3.23. The smallest absolute Gasteiger partial charge is 0.264 e. The van der Waals surface area contributed by atoms with E-state index in [-0.39, 0.29) is 11.5 Å². The van der Waals surface area contributed by atoms with Gasteiger partial charge < -0.3 is 14.6 Å². The molecular weight excluding hydrogens is 266 g/mol. The summed E-state index contributed by atoms with van der Waals surface area (Å²) in [7, 11) is 0. The van der Waals surface area contributed by atoms with Gasteiger partial charge in [-0.1, -0.05) is 0 Å². The highest BCUT2D eigenvalue weighted by molar-refractivity contribution is 7.20. The fourth-order valence-corrected chi connectivity index (χ4v) is 3.31. The second-order valence-corrected chi connectivity index (χ2v) is 5.37. The lowest BCUT2D eigenvalue weighted by Gasteiger charge is -2.26. The van der Waals surface area contributed by atoms with Crippen LogP contribution in [0.1, 0.15) is 15.2 Å². The average molecular weight is 279 g/mol. The van der Waals surface area contributed by atoms with E-state index in [1.165, 1.54) is 17.7 Å². The second kappa shape index (κ2) is 4.75. The maximum atomic E-state index is 12.4. The molecule has 0 unspecified atom stereocenters. The summed E-state index contributed by atoms with van der Waals surface area (Å²) in [4.78, 5) is 33.8. The number of hydrogen-bond acceptors (Lipinski definition) is 5. The molecule has 2 aromatic rings. The van der Waals surface area contributed by atoms with Crippen LogP contribution < -0.4 is 5.56 Å². The van der Waals surface area contributed by atoms with E-state index < -0.39 is 0 Å². The zero-order valence-electron chi connectivity index (χ0n) is 10.4. The van der Waals surface area contributed by atoms with Crippen LogP contribution >= 0.6 is 11.3 Å². The highest BCUT2D eigenvalue weighted by Gasteiger charge is 2.24. The topological polar surface area (TPSA) is 75.3 Å². The van der Waals surface area contributed by atoms with Crippen LogP contribution in [0, 0.1) is 6.92 Å². The number of carbonyl (C=O) groups excluding carboxylic acids is 1. The number of fused-ring (bicyclic) bond motifs is 1. The first kappa shape index (κ1) is 12.3. The molecule has 3 heterocycles. The van der Waals surface area contributed by atoms with Crippen molar-refractivity contribution in [2.24, 2.45) is 0 Å². The van der Waals surface area contributed by atoms with E-state index >= 15 is 0 Å². The van der Waals surface area contributed by atoms with Crippen molar-refractivity contribution in [1.82, 2.24) is 14.9 Å². The Morgan fingerprint density at radius 3 is 2.89 bits per heavy atom. The number of rotatable bonds is 1. The number of carbonyl (C=O) groups is 1. The molecule has 1 N–H and O–H groups in total. The number of morpholine rings is 1. The van der Waals surface area contributed by atoms with Gasteiger partial charge in [0.15, 0.2) is 0 Å². The van der Waals surface area contributed by atoms with Crippen molar-refractivity contribution in [3.63, 3.8) is 0 Å². The Kier molecular flexibility index (Phi) is 3.08. The van der Waals surface area contributed by atoms with Crippen LogP contribution in [0.25, 0.3) is 10.2 Å². The van der Waals surface area contributed by atoms with Crippen molar-refractivity contribution in [2.75, 3.05) is 26.3 Å². The van der Waals surface area contributed by atoms with Crippen molar-refractivity contribution in [3.05, 3.63) is 27.1 Å². The number of hydrogen-bond donors (Lipinski definition) is 1. The molecule has 0 aliphatic carbocycles. The molecule has 2 aromatic heterocycles. The number of nitrogens with zero attached hydrogens (tertiary/aromatic N) is 2. The lowest BCUT2D eigenvalue weighted by atomic mass is 10.2. The quantitative estimate of drug-likeness (QED) is 0.836. The minimum Gasteiger partial charge on any atom is -0.378 e. The average Bonchev–Trinajstić information content (AvgIpc) is 2.78. The highest BCUT2D eigenvalue weighted by atomic mass is 32.1. The largest absolute Gasteiger partial charge is 0.378 e. The van der Waals surface area contributed by atoms with Gasteiger partial charge in [-0.25, -0.2) is 4.98 Å². The summed E-state index contributed by atoms with van der Waals surface area (Å²) in [5, 5.41) is 0.518. The molecule has 0 bridgehead atoms. The molecule has 19 heavy (non-hydrogen) atoms. The van der Waals surface area contributed by atoms with E-state index in [1.807, 2.05) is 0 Å². The number of ether oxygens (including phenoxy) is 1. The van der Waals surface area contributed by atoms with Crippen LogP contribution in [-0.4, -0.2) is 47.1 Å². The van der Waals surface area contributed by atoms with Crippen molar-refractivity contribution < 1.29 is 9.53 Å². The number of aryl methyl sites for hydroxylation is 1. The van der Waals surface area contributed by atoms with Gasteiger partial charge in [-0.15, -0.1) is 11.3 Å². The van der Waals surface area contributed by atoms with E-state index in [2.05, 4.69) is 9.97 Å². The monoisotopic (exact) mass is 279 g/mol. The minimum atomic E-state index is -0.195. The van der Waals surface area contributed by atoms with Crippen LogP contribution in [0.2, 0.25) is 0 Å². The molecule has 100 valence electrons. The number of thiophene rings is 1. The van der Waals surface area contributed by atoms with E-state index in [1.54, 1.807) is 11.8 Å². The van der Waals surface area contributed by atoms with Crippen LogP contribution in [0.15, 0.2) is 11.1 Å². The molecule has 1 fully saturated rings. The molecule has 7 heteroatoms. The minimum absolute atomic E-state index is 0.0387. The molecule has 1 aliphatic heterocycles. The van der Waals surface area contributed by atoms with Crippen LogP contribution in [0.3, 0.4) is 0 Å². The maximum Gasteiger partial charge on any atom is 0.264 e. The third kappa shape index (κ3) is 2.04. The van der Waals surface area contributed by atoms with Crippen molar-refractivity contribution >= 4 is 27.5 Å². The van der Waals surface area contributed by atoms with E-state index in [0.717, 1.165) is 0 Å². The lowest BCUT2D eigenvalue weighted by Crippen LogP contribution is -2.40. The van der Waals surface area contributed by atoms with Gasteiger partial charge in [0.05, 0.1) is 29.8 Å². The van der Waals surface area contributed by atoms with E-state index in [9.17, 15) is 9.59 Å². The molecule has 0 atom stereocenters. The standard InChI is InChI=1S/C12H13N3O3S/c1-7-8-10(16)13-6-14-11(8)19-9(7)12(17)15-2-4-18-5-3-15/h6H,2-5H2,1H3,(H,13,14,16). The molecule has 3 rings (SSSR count). The van der Waals surface area contributed by atoms with Gasteiger partial charge in [0.1, 0.15) is 4.83 Å². The SMILES string of the molecule is Cc1c(C(=O)N2CCOCC2)sc2nc[nH]c(=O)c12. The molecule has 6 nitrogen and oxygen atoms in total. The van der Waals surface area contributed by atoms with Crippen LogP contribution in [0.5, 0.6) is 0 Å². The first-order valence-corrected chi connectivity index (χ1v) is 6.84. The fraction of sp³-hybridized carbons (Fsp3) is 0.417. The highest BCUT2D eigenvalue weighted by Crippen LogP contribution is 2.27. The van der Waals surface area contributed by atoms with Crippen molar-refractivity contribution in [1.29, 1.82) is 0 Å². The Labute approximate surface area is 113 Å². The summed E-state index contributed by atoms with van der Waals surface area (Å²) >= 11 is 1.28. The Balaban J connectivity index is 2.05. The van der Waals surface area contributed by atoms with E-state index in [4.69, 9.17) is 4.74 Å². The zero-order chi connectivity index (χ0) is 13.4. The molecule has 0 radical (unpaired) electrons. The van der Waals surface area contributed by atoms with Crippen molar-refractivity contribution in [2.45, 2.75) is 6.92 Å². The first-order valence-electron chi connectivity index (χ1n) is 6.02. The summed E-state index contributed by atoms with van der Waals surface area (Å²) in [5.74, 6) is -0.0387. The molecule has 1 aliphatic rings. The number of H-pyrrole nitrogens is 1. The van der Waals surface area contributed by atoms with Gasteiger partial charge in [-0.3, -0.25) is 9.59 Å². The molecule has 0 spiro atoms. The van der Waals surface area contributed by atoms with Gasteiger partial charge in [0, 0.05) is 13.1 Å². The third-order valence-corrected chi connectivity index (χ3v) is 4.41. The number of nitrogens with one attached hydrogen (secondary N) is 1. The Hall–Kier alpha value is -1.73. The molecule has 0 saturated carbocycles. The Bertz CT molecular complexity index is 685. The van der Waals surface area contributed by atoms with Gasteiger partial charge >= 0.3 is 0 Å². The summed E-state index contributed by atoms with van der Waals surface area (Å²) < 4.78 is 5.24. The molecule has 1 amide bonds. The van der Waals surface area contributed by atoms with Gasteiger partial charge in [-0.05, 0) is 12.5 Å². The first-order chi connectivity index (χ1) is 9.18. The fourth-order valence-electron chi connectivity index (χ4n) is 2.19. The summed E-state index contributed by atoms with van der Waals surface area (Å²) in [5.41, 5.74) is 0.519. The summed E-state index contributed by atoms with van der Waals surface area (Å²) in [6.45, 7) is 4.11. The predicted molar refractivity (Wildman–Crippen MR) is 71.7 cm³/mol. The normalized spacial score (nSPS) is 15.9. The molecule has 0 aromatic carbocycles. The number of aromatic amines is 1. The van der Waals surface area contributed by atoms with Crippen molar-refractivity contribution in [3.8, 4) is 0 Å². The zero-order valence-corrected chi connectivity index (χ0v) is 11.2. The van der Waals surface area contributed by atoms with Crippen LogP contribution in [-0.2, 0) is 4.74 Å². The molecule has 1 saturated heterocycles. The summed E-state index contributed by atoms with van der Waals surface area (Å²) in [6, 6.07) is 0. The Morgan fingerprint density at radius 2 is 2.21 bits per heavy atom. The lowest BCUT2D eigenvalue weighted by molar-refractivity contribution is 0.0306. The van der Waals surface area contributed by atoms with E-state index in [0.29, 0.717) is 47.0 Å². The summed E-state index contributed by atoms with van der Waals surface area (Å²) in [6.07, 6.45) is 1.36. The predicted octanol–water partition coefficient (Wildman–Crippen LogP) is 0.765. The maximum absolute atomic E-state index is 12.4. The Morgan fingerprint density at radius 1 is 1.47 bits per heavy atom. The van der Waals surface area contributed by atoms with Crippen LogP contribution in [0.4, 0.5) is 0 Å². The van der Waals surface area contributed by atoms with Gasteiger partial charge in [0.2, 0.25) is 0 Å². The number of aromatic nitrogens is 2. The second-order valence-electron chi connectivity index (χ2n) is 4.37.